The molecule has 1 aliphatic carbocycles. The molecule has 25 heavy (non-hydrogen) atoms. The van der Waals surface area contributed by atoms with Gasteiger partial charge in [0.1, 0.15) is 0 Å². The van der Waals surface area contributed by atoms with Gasteiger partial charge >= 0.3 is 5.97 Å². The molecule has 1 saturated carbocycles. The molecule has 5 atom stereocenters. The zero-order chi connectivity index (χ0) is 18.7. The number of allylic oxidation sites excluding steroid dienone is 1. The normalized spacial score (nSPS) is 27.8. The summed E-state index contributed by atoms with van der Waals surface area (Å²) in [5.41, 5.74) is 0. The molecule has 1 fully saturated rings. The Morgan fingerprint density at radius 3 is 2.52 bits per heavy atom. The number of aliphatic carboxylic acids is 1. The number of unbranched alkanes of at least 4 members (excludes halogenated alkanes) is 5. The van der Waals surface area contributed by atoms with Crippen LogP contribution in [0.15, 0.2) is 12.2 Å². The molecule has 1 aliphatic rings. The smallest absolute Gasteiger partial charge is 0.303 e. The number of aliphatic hydroxyl groups excluding tert-OH is 3. The Kier molecular flexibility index (Phi) is 11.0. The molecule has 0 bridgehead atoms. The van der Waals surface area contributed by atoms with Crippen molar-refractivity contribution in [2.24, 2.45) is 11.8 Å². The fraction of sp³-hybridized carbons (Fsp3) is 0.850. The third-order valence-corrected chi connectivity index (χ3v) is 5.26. The van der Waals surface area contributed by atoms with Crippen LogP contribution in [0, 0.1) is 11.8 Å². The maximum absolute atomic E-state index is 10.5. The Morgan fingerprint density at radius 2 is 1.84 bits per heavy atom. The maximum Gasteiger partial charge on any atom is 0.303 e. The zero-order valence-corrected chi connectivity index (χ0v) is 15.5. The first-order chi connectivity index (χ1) is 12.0. The summed E-state index contributed by atoms with van der Waals surface area (Å²) in [6.07, 6.45) is 11.0. The van der Waals surface area contributed by atoms with Crippen LogP contribution in [-0.4, -0.2) is 44.7 Å². The third kappa shape index (κ3) is 8.84. The summed E-state index contributed by atoms with van der Waals surface area (Å²) in [6.45, 7) is 2.13. The van der Waals surface area contributed by atoms with E-state index in [0.717, 1.165) is 51.4 Å². The van der Waals surface area contributed by atoms with Crippen LogP contribution in [0.25, 0.3) is 0 Å². The van der Waals surface area contributed by atoms with E-state index in [1.807, 2.05) is 12.2 Å². The van der Waals surface area contributed by atoms with Gasteiger partial charge in [0.25, 0.3) is 0 Å². The highest BCUT2D eigenvalue weighted by Gasteiger charge is 2.39. The van der Waals surface area contributed by atoms with Gasteiger partial charge in [-0.2, -0.15) is 0 Å². The number of carboxylic acids is 1. The van der Waals surface area contributed by atoms with E-state index in [2.05, 4.69) is 6.92 Å². The van der Waals surface area contributed by atoms with Crippen LogP contribution in [0.5, 0.6) is 0 Å². The molecule has 5 unspecified atom stereocenters. The minimum absolute atomic E-state index is 0.0218. The first-order valence-electron chi connectivity index (χ1n) is 9.90. The average Bonchev–Trinajstić information content (AvgIpc) is 2.83. The molecule has 1 rings (SSSR count). The fourth-order valence-electron chi connectivity index (χ4n) is 3.72. The van der Waals surface area contributed by atoms with Crippen LogP contribution in [-0.2, 0) is 4.79 Å². The Labute approximate surface area is 151 Å². The second kappa shape index (κ2) is 12.4. The van der Waals surface area contributed by atoms with Crippen LogP contribution >= 0.6 is 0 Å². The standard InChI is InChI=1S/C20H36O5/c1-2-3-6-9-16(21)13-12-15-14-18(22)20(25)17(15)10-7-4-5-8-11-19(23)24/h12-13,15-18,20-22,25H,2-11,14H2,1H3,(H,23,24). The van der Waals surface area contributed by atoms with E-state index in [4.69, 9.17) is 5.11 Å². The van der Waals surface area contributed by atoms with Crippen molar-refractivity contribution in [2.75, 3.05) is 0 Å². The number of carboxylic acid groups (broad SMARTS) is 1. The molecule has 5 nitrogen and oxygen atoms in total. The minimum Gasteiger partial charge on any atom is -0.481 e. The van der Waals surface area contributed by atoms with E-state index in [0.29, 0.717) is 12.8 Å². The Hall–Kier alpha value is -0.910. The fourth-order valence-corrected chi connectivity index (χ4v) is 3.72. The van der Waals surface area contributed by atoms with Crippen LogP contribution < -0.4 is 0 Å². The average molecular weight is 357 g/mol. The monoisotopic (exact) mass is 356 g/mol. The summed E-state index contributed by atoms with van der Waals surface area (Å²) in [6, 6.07) is 0. The second-order valence-corrected chi connectivity index (χ2v) is 7.42. The van der Waals surface area contributed by atoms with Crippen molar-refractivity contribution >= 4 is 5.97 Å². The lowest BCUT2D eigenvalue weighted by atomic mass is 9.88. The van der Waals surface area contributed by atoms with Gasteiger partial charge < -0.3 is 20.4 Å². The van der Waals surface area contributed by atoms with Crippen LogP contribution in [0.2, 0.25) is 0 Å². The van der Waals surface area contributed by atoms with E-state index in [1.165, 1.54) is 0 Å². The predicted octanol–water partition coefficient (Wildman–Crippen LogP) is 3.27. The summed E-state index contributed by atoms with van der Waals surface area (Å²) in [5, 5.41) is 38.8. The quantitative estimate of drug-likeness (QED) is 0.300. The molecule has 0 saturated heterocycles. The summed E-state index contributed by atoms with van der Waals surface area (Å²) < 4.78 is 0. The Morgan fingerprint density at radius 1 is 1.12 bits per heavy atom. The Bertz CT molecular complexity index is 396. The number of hydrogen-bond acceptors (Lipinski definition) is 4. The number of rotatable bonds is 13. The Balaban J connectivity index is 2.36. The zero-order valence-electron chi connectivity index (χ0n) is 15.5. The van der Waals surface area contributed by atoms with E-state index in [-0.39, 0.29) is 18.3 Å². The van der Waals surface area contributed by atoms with Crippen LogP contribution in [0.3, 0.4) is 0 Å². The van der Waals surface area contributed by atoms with Crippen molar-refractivity contribution in [1.29, 1.82) is 0 Å². The largest absolute Gasteiger partial charge is 0.481 e. The summed E-state index contributed by atoms with van der Waals surface area (Å²) in [7, 11) is 0. The van der Waals surface area contributed by atoms with E-state index in [1.54, 1.807) is 0 Å². The molecule has 0 amide bonds. The molecule has 0 heterocycles. The van der Waals surface area contributed by atoms with Crippen molar-refractivity contribution in [2.45, 2.75) is 95.9 Å². The molecule has 146 valence electrons. The second-order valence-electron chi connectivity index (χ2n) is 7.42. The van der Waals surface area contributed by atoms with E-state index < -0.39 is 24.3 Å². The van der Waals surface area contributed by atoms with Gasteiger partial charge in [0.2, 0.25) is 0 Å². The lowest BCUT2D eigenvalue weighted by Gasteiger charge is -2.20. The molecule has 0 aliphatic heterocycles. The van der Waals surface area contributed by atoms with Gasteiger partial charge in [-0.3, -0.25) is 4.79 Å². The molecule has 0 aromatic heterocycles. The van der Waals surface area contributed by atoms with Crippen LogP contribution in [0.1, 0.15) is 77.6 Å². The van der Waals surface area contributed by atoms with E-state index in [9.17, 15) is 20.1 Å². The number of hydrogen-bond donors (Lipinski definition) is 4. The van der Waals surface area contributed by atoms with Gasteiger partial charge in [0, 0.05) is 6.42 Å². The van der Waals surface area contributed by atoms with Crippen molar-refractivity contribution in [1.82, 2.24) is 0 Å². The topological polar surface area (TPSA) is 98.0 Å². The van der Waals surface area contributed by atoms with Gasteiger partial charge in [-0.25, -0.2) is 0 Å². The van der Waals surface area contributed by atoms with Crippen molar-refractivity contribution in [3.8, 4) is 0 Å². The lowest BCUT2D eigenvalue weighted by Crippen LogP contribution is -2.25. The highest BCUT2D eigenvalue weighted by molar-refractivity contribution is 5.66. The SMILES string of the molecule is CCCCCC(O)C=CC1CC(O)C(O)C1CCCCCCC(=O)O. The molecule has 0 aromatic carbocycles. The highest BCUT2D eigenvalue weighted by atomic mass is 16.4. The molecule has 0 spiro atoms. The maximum atomic E-state index is 10.5. The van der Waals surface area contributed by atoms with Crippen molar-refractivity contribution in [3.63, 3.8) is 0 Å². The summed E-state index contributed by atoms with van der Waals surface area (Å²) in [4.78, 5) is 10.5. The van der Waals surface area contributed by atoms with Crippen molar-refractivity contribution < 1.29 is 25.2 Å². The number of carbonyl (C=O) groups is 1. The first kappa shape index (κ1) is 22.1. The molecule has 0 aromatic rings. The highest BCUT2D eigenvalue weighted by Crippen LogP contribution is 2.37. The molecule has 5 heteroatoms. The molecule has 4 N–H and O–H groups in total. The van der Waals surface area contributed by atoms with Gasteiger partial charge in [0.05, 0.1) is 18.3 Å². The van der Waals surface area contributed by atoms with Gasteiger partial charge in [-0.15, -0.1) is 0 Å². The lowest BCUT2D eigenvalue weighted by molar-refractivity contribution is -0.137. The van der Waals surface area contributed by atoms with Gasteiger partial charge in [-0.05, 0) is 37.5 Å². The van der Waals surface area contributed by atoms with Crippen molar-refractivity contribution in [3.05, 3.63) is 12.2 Å². The summed E-state index contributed by atoms with van der Waals surface area (Å²) >= 11 is 0. The van der Waals surface area contributed by atoms with Gasteiger partial charge in [0.15, 0.2) is 0 Å². The third-order valence-electron chi connectivity index (χ3n) is 5.26. The summed E-state index contributed by atoms with van der Waals surface area (Å²) in [5.74, 6) is -0.629. The van der Waals surface area contributed by atoms with E-state index >= 15 is 0 Å². The molecule has 0 radical (unpaired) electrons. The first-order valence-corrected chi connectivity index (χ1v) is 9.90. The molecular formula is C20H36O5. The molecular weight excluding hydrogens is 320 g/mol. The predicted molar refractivity (Wildman–Crippen MR) is 98.2 cm³/mol. The number of aliphatic hydroxyl groups is 3. The minimum atomic E-state index is -0.753. The van der Waals surface area contributed by atoms with Gasteiger partial charge in [-0.1, -0.05) is 57.6 Å². The van der Waals surface area contributed by atoms with Crippen LogP contribution in [0.4, 0.5) is 0 Å².